The van der Waals surface area contributed by atoms with Crippen LogP contribution in [0.5, 0.6) is 0 Å². The number of benzene rings is 1. The van der Waals surface area contributed by atoms with Gasteiger partial charge in [0.2, 0.25) is 0 Å². The monoisotopic (exact) mass is 515 g/mol. The number of carbonyl (C=O) groups is 1. The van der Waals surface area contributed by atoms with Gasteiger partial charge in [-0.1, -0.05) is 24.3 Å². The van der Waals surface area contributed by atoms with E-state index in [1.54, 1.807) is 22.6 Å². The van der Waals surface area contributed by atoms with E-state index in [-0.39, 0.29) is 11.1 Å². The molecule has 8 nitrogen and oxygen atoms in total. The van der Waals surface area contributed by atoms with Crippen molar-refractivity contribution in [3.8, 4) is 0 Å². The first-order chi connectivity index (χ1) is 17.6. The fourth-order valence-electron chi connectivity index (χ4n) is 4.68. The van der Waals surface area contributed by atoms with Crippen molar-refractivity contribution in [2.45, 2.75) is 44.7 Å². The summed E-state index contributed by atoms with van der Waals surface area (Å²) >= 11 is 0. The molecule has 1 atom stereocenters. The molecule has 1 N–H and O–H groups in total. The molecule has 1 aliphatic heterocycles. The second kappa shape index (κ2) is 10.2. The molecule has 4 rings (SSSR count). The average Bonchev–Trinajstić information content (AvgIpc) is 2.86. The number of nitrogens with zero attached hydrogens (tertiary/aromatic N) is 4. The van der Waals surface area contributed by atoms with Crippen LogP contribution in [0.15, 0.2) is 47.9 Å². The summed E-state index contributed by atoms with van der Waals surface area (Å²) in [5, 5.41) is 3.59. The van der Waals surface area contributed by atoms with Crippen LogP contribution in [0.3, 0.4) is 0 Å². The Morgan fingerprint density at radius 1 is 1.24 bits per heavy atom. The van der Waals surface area contributed by atoms with Crippen LogP contribution in [0.4, 0.5) is 23.8 Å². The van der Waals surface area contributed by atoms with Gasteiger partial charge < -0.3 is 19.5 Å². The zero-order chi connectivity index (χ0) is 26.9. The molecular weight excluding hydrogens is 487 g/mol. The van der Waals surface area contributed by atoms with Crippen LogP contribution in [0.25, 0.3) is 10.9 Å². The Bertz CT molecular complexity index is 1400. The minimum absolute atomic E-state index is 0.00678. The largest absolute Gasteiger partial charge is 0.453 e. The summed E-state index contributed by atoms with van der Waals surface area (Å²) < 4.78 is 47.9. The quantitative estimate of drug-likeness (QED) is 0.460. The molecule has 0 bridgehead atoms. The fraction of sp³-hybridized carbons (Fsp3) is 0.385. The van der Waals surface area contributed by atoms with Crippen molar-refractivity contribution in [2.24, 2.45) is 0 Å². The first-order valence-corrected chi connectivity index (χ1v) is 11.8. The van der Waals surface area contributed by atoms with Gasteiger partial charge in [0.25, 0.3) is 12.0 Å². The Labute approximate surface area is 211 Å². The number of likely N-dealkylation sites (tertiary alicyclic amines) is 1. The zero-order valence-corrected chi connectivity index (χ0v) is 20.8. The van der Waals surface area contributed by atoms with E-state index in [0.717, 1.165) is 6.07 Å². The highest BCUT2D eigenvalue weighted by atomic mass is 19.3. The number of anilines is 1. The molecule has 1 saturated heterocycles. The first kappa shape index (κ1) is 26.2. The van der Waals surface area contributed by atoms with Crippen LogP contribution in [-0.4, -0.2) is 45.7 Å². The molecule has 0 radical (unpaired) electrons. The van der Waals surface area contributed by atoms with Crippen molar-refractivity contribution < 1.29 is 22.7 Å². The number of amides is 1. The van der Waals surface area contributed by atoms with Gasteiger partial charge in [-0.25, -0.2) is 27.9 Å². The van der Waals surface area contributed by atoms with Crippen molar-refractivity contribution in [3.05, 3.63) is 76.2 Å². The van der Waals surface area contributed by atoms with Gasteiger partial charge in [0.1, 0.15) is 17.5 Å². The highest BCUT2D eigenvalue weighted by Gasteiger charge is 2.35. The molecule has 2 aromatic heterocycles. The molecule has 0 unspecified atom stereocenters. The van der Waals surface area contributed by atoms with E-state index >= 15 is 0 Å². The molecule has 0 saturated carbocycles. The van der Waals surface area contributed by atoms with E-state index in [2.05, 4.69) is 21.9 Å². The number of halogens is 3. The second-order valence-electron chi connectivity index (χ2n) is 9.26. The maximum atomic E-state index is 14.9. The number of piperidine rings is 1. The third kappa shape index (κ3) is 5.03. The summed E-state index contributed by atoms with van der Waals surface area (Å²) in [4.78, 5) is 35.4. The summed E-state index contributed by atoms with van der Waals surface area (Å²) in [7, 11) is 1.33. The normalized spacial score (nSPS) is 16.0. The van der Waals surface area contributed by atoms with Crippen molar-refractivity contribution >= 4 is 22.8 Å². The number of carbonyl (C=O) groups excluding carboxylic acids is 1. The Balaban J connectivity index is 1.75. The molecule has 3 aromatic rings. The van der Waals surface area contributed by atoms with E-state index in [0.29, 0.717) is 48.5 Å². The number of pyridine rings is 1. The average molecular weight is 516 g/mol. The summed E-state index contributed by atoms with van der Waals surface area (Å²) in [5.74, 6) is -0.347. The summed E-state index contributed by atoms with van der Waals surface area (Å²) in [6.07, 6.45) is 0.708. The molecule has 37 heavy (non-hydrogen) atoms. The van der Waals surface area contributed by atoms with Gasteiger partial charge in [0.15, 0.2) is 0 Å². The zero-order valence-electron chi connectivity index (χ0n) is 20.8. The molecule has 3 heterocycles. The summed E-state index contributed by atoms with van der Waals surface area (Å²) in [6, 6.07) is 4.34. The number of ether oxygens (including phenoxy) is 1. The standard InChI is InChI=1S/C26H28F3N5O3/c1-5-19(16-7-6-8-17(22(16)27)23(28)29)32-24-18-14-34(21(35)13-20(18)30-15(2)31-24)26(3)9-11-33(12-10-26)25(36)37-4/h5-8,13-14,19,23H,1,9-12H2,2-4H3,(H,30,31,32)/t19-/m1/s1. The topological polar surface area (TPSA) is 89.4 Å². The van der Waals surface area contributed by atoms with Crippen LogP contribution < -0.4 is 10.9 Å². The highest BCUT2D eigenvalue weighted by Crippen LogP contribution is 2.33. The predicted octanol–water partition coefficient (Wildman–Crippen LogP) is 5.09. The number of hydrogen-bond donors (Lipinski definition) is 1. The van der Waals surface area contributed by atoms with Crippen LogP contribution in [0.1, 0.15) is 49.2 Å². The summed E-state index contributed by atoms with van der Waals surface area (Å²) in [5.41, 5.74) is -1.17. The number of nitrogens with one attached hydrogen (secondary N) is 1. The third-order valence-corrected chi connectivity index (χ3v) is 6.85. The molecule has 1 aliphatic rings. The molecule has 1 amide bonds. The van der Waals surface area contributed by atoms with E-state index in [1.165, 1.54) is 31.4 Å². The molecular formula is C26H28F3N5O3. The number of alkyl halides is 2. The lowest BCUT2D eigenvalue weighted by Gasteiger charge is -2.40. The van der Waals surface area contributed by atoms with Crippen molar-refractivity contribution in [1.82, 2.24) is 19.4 Å². The Kier molecular flexibility index (Phi) is 7.24. The Hall–Kier alpha value is -3.89. The third-order valence-electron chi connectivity index (χ3n) is 6.85. The smallest absolute Gasteiger partial charge is 0.409 e. The SMILES string of the molecule is C=C[C@@H](Nc1nc(C)nc2cc(=O)n(C3(C)CCN(C(=O)OC)CC3)cc12)c1cccc(C(F)F)c1F. The maximum absolute atomic E-state index is 14.9. The van der Waals surface area contributed by atoms with Gasteiger partial charge in [0, 0.05) is 36.5 Å². The minimum atomic E-state index is -2.96. The van der Waals surface area contributed by atoms with Crippen LogP contribution >= 0.6 is 0 Å². The molecule has 0 spiro atoms. The molecule has 196 valence electrons. The van der Waals surface area contributed by atoms with Crippen LogP contribution in [0.2, 0.25) is 0 Å². The minimum Gasteiger partial charge on any atom is -0.453 e. The van der Waals surface area contributed by atoms with Crippen molar-refractivity contribution in [3.63, 3.8) is 0 Å². The Morgan fingerprint density at radius 3 is 2.54 bits per heavy atom. The lowest BCUT2D eigenvalue weighted by atomic mass is 9.89. The molecule has 1 aromatic carbocycles. The number of rotatable bonds is 6. The van der Waals surface area contributed by atoms with E-state index in [4.69, 9.17) is 4.74 Å². The van der Waals surface area contributed by atoms with Gasteiger partial charge in [-0.05, 0) is 26.7 Å². The number of aromatic nitrogens is 3. The number of methoxy groups -OCH3 is 1. The fourth-order valence-corrected chi connectivity index (χ4v) is 4.68. The Morgan fingerprint density at radius 2 is 1.92 bits per heavy atom. The second-order valence-corrected chi connectivity index (χ2v) is 9.26. The lowest BCUT2D eigenvalue weighted by molar-refractivity contribution is 0.0861. The van der Waals surface area contributed by atoms with Gasteiger partial charge in [-0.2, -0.15) is 0 Å². The maximum Gasteiger partial charge on any atom is 0.409 e. The van der Waals surface area contributed by atoms with Crippen LogP contribution in [0, 0.1) is 12.7 Å². The van der Waals surface area contributed by atoms with Gasteiger partial charge in [-0.3, -0.25) is 4.79 Å². The van der Waals surface area contributed by atoms with Gasteiger partial charge >= 0.3 is 6.09 Å². The van der Waals surface area contributed by atoms with Gasteiger partial charge in [0.05, 0.1) is 29.6 Å². The predicted molar refractivity (Wildman–Crippen MR) is 133 cm³/mol. The van der Waals surface area contributed by atoms with Gasteiger partial charge in [-0.15, -0.1) is 6.58 Å². The first-order valence-electron chi connectivity index (χ1n) is 11.8. The molecule has 1 fully saturated rings. The number of hydrogen-bond acceptors (Lipinski definition) is 6. The van der Waals surface area contributed by atoms with E-state index in [1.807, 2.05) is 6.92 Å². The summed E-state index contributed by atoms with van der Waals surface area (Å²) in [6.45, 7) is 8.17. The number of fused-ring (bicyclic) bond motifs is 1. The van der Waals surface area contributed by atoms with E-state index < -0.39 is 35.5 Å². The highest BCUT2D eigenvalue weighted by molar-refractivity contribution is 5.88. The molecule has 0 aliphatic carbocycles. The van der Waals surface area contributed by atoms with Crippen molar-refractivity contribution in [2.75, 3.05) is 25.5 Å². The lowest BCUT2D eigenvalue weighted by Crippen LogP contribution is -2.49. The number of aryl methyl sites for hydroxylation is 1. The van der Waals surface area contributed by atoms with Crippen LogP contribution in [-0.2, 0) is 10.3 Å². The van der Waals surface area contributed by atoms with Crippen molar-refractivity contribution in [1.29, 1.82) is 0 Å². The van der Waals surface area contributed by atoms with E-state index in [9.17, 15) is 22.8 Å². The molecule has 11 heteroatoms.